The molecule has 31 heavy (non-hydrogen) atoms. The molecular formula is C22H25F3N2O4. The van der Waals surface area contributed by atoms with Gasteiger partial charge in [-0.1, -0.05) is 6.07 Å². The highest BCUT2D eigenvalue weighted by Crippen LogP contribution is 2.35. The van der Waals surface area contributed by atoms with Crippen molar-refractivity contribution in [2.75, 3.05) is 11.9 Å². The van der Waals surface area contributed by atoms with Gasteiger partial charge < -0.3 is 20.8 Å². The number of hydrogen-bond acceptors (Lipinski definition) is 4. The van der Waals surface area contributed by atoms with Gasteiger partial charge in [-0.25, -0.2) is 4.39 Å². The van der Waals surface area contributed by atoms with Gasteiger partial charge in [-0.3, -0.25) is 9.59 Å². The molecule has 168 valence electrons. The molecule has 6 nitrogen and oxygen atoms in total. The summed E-state index contributed by atoms with van der Waals surface area (Å²) in [5.41, 5.74) is -1.92. The number of anilines is 1. The molecule has 2 aromatic carbocycles. The summed E-state index contributed by atoms with van der Waals surface area (Å²) in [7, 11) is 0. The van der Waals surface area contributed by atoms with Crippen molar-refractivity contribution in [3.63, 3.8) is 0 Å². The summed E-state index contributed by atoms with van der Waals surface area (Å²) < 4.78 is 43.5. The summed E-state index contributed by atoms with van der Waals surface area (Å²) in [6.07, 6.45) is -1.68. The van der Waals surface area contributed by atoms with Crippen LogP contribution in [0.1, 0.15) is 53.9 Å². The largest absolute Gasteiger partial charge is 0.393 e. The molecule has 0 saturated heterocycles. The summed E-state index contributed by atoms with van der Waals surface area (Å²) >= 11 is 0. The Morgan fingerprint density at radius 1 is 1.10 bits per heavy atom. The fourth-order valence-electron chi connectivity index (χ4n) is 2.83. The average molecular weight is 438 g/mol. The second-order valence-electron chi connectivity index (χ2n) is 8.20. The number of rotatable bonds is 6. The van der Waals surface area contributed by atoms with E-state index < -0.39 is 47.4 Å². The lowest BCUT2D eigenvalue weighted by Crippen LogP contribution is -2.48. The summed E-state index contributed by atoms with van der Waals surface area (Å²) in [6, 6.07) is 6.88. The fraction of sp³-hybridized carbons (Fsp3) is 0.364. The molecule has 2 rings (SSSR count). The van der Waals surface area contributed by atoms with E-state index in [1.54, 1.807) is 0 Å². The minimum Gasteiger partial charge on any atom is -0.393 e. The van der Waals surface area contributed by atoms with Gasteiger partial charge in [0.2, 0.25) is 0 Å². The molecule has 0 aliphatic heterocycles. The van der Waals surface area contributed by atoms with Crippen molar-refractivity contribution >= 4 is 17.5 Å². The molecule has 0 spiro atoms. The third-order valence-corrected chi connectivity index (χ3v) is 4.38. The van der Waals surface area contributed by atoms with Gasteiger partial charge in [-0.2, -0.15) is 8.78 Å². The topological polar surface area (TPSA) is 98.7 Å². The zero-order valence-electron chi connectivity index (χ0n) is 17.6. The molecule has 0 aliphatic carbocycles. The van der Waals surface area contributed by atoms with E-state index in [0.29, 0.717) is 0 Å². The molecule has 1 atom stereocenters. The predicted molar refractivity (Wildman–Crippen MR) is 109 cm³/mol. The van der Waals surface area contributed by atoms with E-state index in [1.807, 2.05) is 0 Å². The highest BCUT2D eigenvalue weighted by Gasteiger charge is 2.45. The predicted octanol–water partition coefficient (Wildman–Crippen LogP) is 3.42. The molecule has 9 heteroatoms. The average Bonchev–Trinajstić information content (AvgIpc) is 2.68. The maximum absolute atomic E-state index is 15.0. The summed E-state index contributed by atoms with van der Waals surface area (Å²) in [5.74, 6) is -6.95. The van der Waals surface area contributed by atoms with Gasteiger partial charge in [-0.15, -0.1) is 0 Å². The van der Waals surface area contributed by atoms with Gasteiger partial charge in [0.05, 0.1) is 6.61 Å². The molecule has 0 aromatic heterocycles. The van der Waals surface area contributed by atoms with E-state index in [0.717, 1.165) is 18.2 Å². The first-order valence-corrected chi connectivity index (χ1v) is 9.47. The SMILES string of the molecule is Cc1cc(NC(=O)c2ccc([C@@H](O)CO)c(C(F)(F)C(=O)NC(C)(C)C)c2)ccc1F. The first-order chi connectivity index (χ1) is 14.3. The van der Waals surface area contributed by atoms with Crippen LogP contribution in [0.5, 0.6) is 0 Å². The second-order valence-corrected chi connectivity index (χ2v) is 8.20. The minimum absolute atomic E-state index is 0.214. The number of carbonyl (C=O) groups excluding carboxylic acids is 2. The van der Waals surface area contributed by atoms with Gasteiger partial charge in [0.25, 0.3) is 11.8 Å². The molecule has 0 unspecified atom stereocenters. The van der Waals surface area contributed by atoms with Gasteiger partial charge >= 0.3 is 5.92 Å². The normalized spacial score (nSPS) is 12.9. The molecule has 0 heterocycles. The van der Waals surface area contributed by atoms with E-state index >= 15 is 8.78 Å². The van der Waals surface area contributed by atoms with Crippen LogP contribution in [0.2, 0.25) is 0 Å². The standard InChI is InChI=1S/C22H25F3N2O4/c1-12-9-14(6-8-17(12)23)26-19(30)13-5-7-15(18(29)11-28)16(10-13)22(24,25)20(31)27-21(2,3)4/h5-10,18,28-29H,11H2,1-4H3,(H,26,30)(H,27,31)/t18-/m0/s1. The molecular weight excluding hydrogens is 413 g/mol. The number of aryl methyl sites for hydroxylation is 1. The van der Waals surface area contributed by atoms with E-state index in [2.05, 4.69) is 10.6 Å². The molecule has 0 bridgehead atoms. The van der Waals surface area contributed by atoms with Crippen LogP contribution in [-0.4, -0.2) is 34.2 Å². The van der Waals surface area contributed by atoms with Crippen molar-refractivity contribution in [3.8, 4) is 0 Å². The summed E-state index contributed by atoms with van der Waals surface area (Å²) in [5, 5.41) is 23.8. The summed E-state index contributed by atoms with van der Waals surface area (Å²) in [6.45, 7) is 5.23. The van der Waals surface area contributed by atoms with Gasteiger partial charge in [0.1, 0.15) is 11.9 Å². The van der Waals surface area contributed by atoms with E-state index in [9.17, 15) is 24.2 Å². The number of alkyl halides is 2. The Labute approximate surface area is 178 Å². The van der Waals surface area contributed by atoms with Crippen LogP contribution in [0.3, 0.4) is 0 Å². The molecule has 2 aromatic rings. The number of benzene rings is 2. The number of aliphatic hydroxyl groups is 2. The Bertz CT molecular complexity index is 987. The van der Waals surface area contributed by atoms with Crippen molar-refractivity contribution in [1.82, 2.24) is 5.32 Å². The zero-order chi connectivity index (χ0) is 23.6. The van der Waals surface area contributed by atoms with E-state index in [1.165, 1.54) is 45.9 Å². The molecule has 2 amide bonds. The van der Waals surface area contributed by atoms with Gasteiger partial charge in [-0.05, 0) is 69.2 Å². The number of hydrogen-bond donors (Lipinski definition) is 4. The van der Waals surface area contributed by atoms with Crippen LogP contribution in [0.4, 0.5) is 18.9 Å². The molecule has 4 N–H and O–H groups in total. The van der Waals surface area contributed by atoms with Crippen molar-refractivity contribution < 1.29 is 33.0 Å². The first-order valence-electron chi connectivity index (χ1n) is 9.47. The Balaban J connectivity index is 2.46. The Morgan fingerprint density at radius 3 is 2.29 bits per heavy atom. The van der Waals surface area contributed by atoms with Crippen LogP contribution < -0.4 is 10.6 Å². The fourth-order valence-corrected chi connectivity index (χ4v) is 2.83. The number of carbonyl (C=O) groups is 2. The zero-order valence-corrected chi connectivity index (χ0v) is 17.6. The smallest absolute Gasteiger partial charge is 0.350 e. The Morgan fingerprint density at radius 2 is 1.74 bits per heavy atom. The monoisotopic (exact) mass is 438 g/mol. The third-order valence-electron chi connectivity index (χ3n) is 4.38. The van der Waals surface area contributed by atoms with Crippen molar-refractivity contribution in [1.29, 1.82) is 0 Å². The Hall–Kier alpha value is -2.91. The quantitative estimate of drug-likeness (QED) is 0.556. The molecule has 0 saturated carbocycles. The maximum Gasteiger partial charge on any atom is 0.350 e. The van der Waals surface area contributed by atoms with Crippen LogP contribution in [0, 0.1) is 12.7 Å². The lowest BCUT2D eigenvalue weighted by atomic mass is 9.94. The van der Waals surface area contributed by atoms with Crippen molar-refractivity contribution in [2.24, 2.45) is 0 Å². The van der Waals surface area contributed by atoms with Gasteiger partial charge in [0, 0.05) is 22.4 Å². The van der Waals surface area contributed by atoms with Crippen LogP contribution >= 0.6 is 0 Å². The maximum atomic E-state index is 15.0. The minimum atomic E-state index is -4.10. The summed E-state index contributed by atoms with van der Waals surface area (Å²) in [4.78, 5) is 24.8. The molecule has 0 radical (unpaired) electrons. The second kappa shape index (κ2) is 9.07. The van der Waals surface area contributed by atoms with E-state index in [-0.39, 0.29) is 22.4 Å². The highest BCUT2D eigenvalue weighted by molar-refractivity contribution is 6.04. The highest BCUT2D eigenvalue weighted by atomic mass is 19.3. The number of nitrogens with one attached hydrogen (secondary N) is 2. The lowest BCUT2D eigenvalue weighted by Gasteiger charge is -2.27. The van der Waals surface area contributed by atoms with Crippen LogP contribution in [0.15, 0.2) is 36.4 Å². The molecule has 0 aliphatic rings. The lowest BCUT2D eigenvalue weighted by molar-refractivity contribution is -0.148. The number of halogens is 3. The van der Waals surface area contributed by atoms with Crippen LogP contribution in [0.25, 0.3) is 0 Å². The Kier molecular flexibility index (Phi) is 7.13. The van der Waals surface area contributed by atoms with Gasteiger partial charge in [0.15, 0.2) is 0 Å². The van der Waals surface area contributed by atoms with Crippen molar-refractivity contribution in [2.45, 2.75) is 45.3 Å². The molecule has 0 fully saturated rings. The number of amides is 2. The number of aliphatic hydroxyl groups excluding tert-OH is 2. The van der Waals surface area contributed by atoms with Crippen molar-refractivity contribution in [3.05, 3.63) is 64.5 Å². The third kappa shape index (κ3) is 5.83. The van der Waals surface area contributed by atoms with Crippen LogP contribution in [-0.2, 0) is 10.7 Å². The van der Waals surface area contributed by atoms with E-state index in [4.69, 9.17) is 0 Å². The first kappa shape index (κ1) is 24.4.